The van der Waals surface area contributed by atoms with Gasteiger partial charge in [0, 0.05) is 30.1 Å². The molecule has 22 heavy (non-hydrogen) atoms. The minimum atomic E-state index is -0.213. The minimum Gasteiger partial charge on any atom is -0.447 e. The first-order valence-electron chi connectivity index (χ1n) is 7.61. The van der Waals surface area contributed by atoms with Crippen LogP contribution in [0.25, 0.3) is 6.08 Å². The number of carbonyl (C=O) groups is 2. The highest BCUT2D eigenvalue weighted by molar-refractivity contribution is 7.10. The third-order valence-corrected chi connectivity index (χ3v) is 5.07. The molecule has 5 nitrogen and oxygen atoms in total. The fourth-order valence-corrected chi connectivity index (χ4v) is 3.66. The number of nitrogens with zero attached hydrogens (tertiary/aromatic N) is 2. The van der Waals surface area contributed by atoms with Crippen molar-refractivity contribution in [2.75, 3.05) is 19.7 Å². The Labute approximate surface area is 134 Å². The predicted octanol–water partition coefficient (Wildman–Crippen LogP) is 2.59. The fraction of sp³-hybridized carbons (Fsp3) is 0.500. The molecule has 3 heterocycles. The van der Waals surface area contributed by atoms with Gasteiger partial charge < -0.3 is 9.64 Å². The van der Waals surface area contributed by atoms with E-state index < -0.39 is 0 Å². The fourth-order valence-electron chi connectivity index (χ4n) is 3.04. The van der Waals surface area contributed by atoms with Gasteiger partial charge in [0.1, 0.15) is 6.61 Å². The van der Waals surface area contributed by atoms with E-state index in [1.54, 1.807) is 17.4 Å². The maximum atomic E-state index is 12.2. The van der Waals surface area contributed by atoms with E-state index in [9.17, 15) is 9.59 Å². The van der Waals surface area contributed by atoms with Gasteiger partial charge in [-0.25, -0.2) is 4.79 Å². The average Bonchev–Trinajstić information content (AvgIpc) is 3.15. The Bertz CT molecular complexity index is 562. The summed E-state index contributed by atoms with van der Waals surface area (Å²) in [5, 5.41) is 1.99. The standard InChI is InChI=1S/C16H20N2O3S/c1-12-11-21-16(20)18(12)13-6-8-17(9-7-13)15(19)5-4-14-3-2-10-22-14/h2-5,10,12-13H,6-9,11H2,1H3. The number of ether oxygens (including phenoxy) is 1. The highest BCUT2D eigenvalue weighted by Gasteiger charge is 2.37. The lowest BCUT2D eigenvalue weighted by atomic mass is 10.0. The molecule has 1 aromatic rings. The molecule has 1 atom stereocenters. The van der Waals surface area contributed by atoms with Crippen molar-refractivity contribution in [1.29, 1.82) is 0 Å². The summed E-state index contributed by atoms with van der Waals surface area (Å²) in [4.78, 5) is 28.7. The van der Waals surface area contributed by atoms with Crippen LogP contribution in [0.15, 0.2) is 23.6 Å². The van der Waals surface area contributed by atoms with E-state index in [-0.39, 0.29) is 24.1 Å². The first kappa shape index (κ1) is 15.1. The van der Waals surface area contributed by atoms with Crippen LogP contribution in [0.3, 0.4) is 0 Å². The Balaban J connectivity index is 1.53. The van der Waals surface area contributed by atoms with Gasteiger partial charge in [-0.05, 0) is 37.3 Å². The summed E-state index contributed by atoms with van der Waals surface area (Å²) in [6.07, 6.45) is 4.92. The lowest BCUT2D eigenvalue weighted by molar-refractivity contribution is -0.127. The number of rotatable bonds is 3. The summed E-state index contributed by atoms with van der Waals surface area (Å²) in [5.74, 6) is 0.0453. The summed E-state index contributed by atoms with van der Waals surface area (Å²) < 4.78 is 5.08. The highest BCUT2D eigenvalue weighted by atomic mass is 32.1. The molecule has 0 N–H and O–H groups in total. The molecule has 2 aliphatic rings. The van der Waals surface area contributed by atoms with E-state index >= 15 is 0 Å². The van der Waals surface area contributed by atoms with Crippen LogP contribution in [0.2, 0.25) is 0 Å². The average molecular weight is 320 g/mol. The summed E-state index contributed by atoms with van der Waals surface area (Å²) in [5.41, 5.74) is 0. The highest BCUT2D eigenvalue weighted by Crippen LogP contribution is 2.23. The van der Waals surface area contributed by atoms with Gasteiger partial charge in [0.05, 0.1) is 6.04 Å². The third kappa shape index (κ3) is 3.16. The Morgan fingerprint density at radius 1 is 1.41 bits per heavy atom. The Morgan fingerprint density at radius 3 is 2.77 bits per heavy atom. The lowest BCUT2D eigenvalue weighted by Gasteiger charge is -2.36. The zero-order valence-corrected chi connectivity index (χ0v) is 13.4. The second-order valence-electron chi connectivity index (χ2n) is 5.74. The van der Waals surface area contributed by atoms with Gasteiger partial charge in [-0.2, -0.15) is 0 Å². The van der Waals surface area contributed by atoms with Gasteiger partial charge in [-0.15, -0.1) is 11.3 Å². The van der Waals surface area contributed by atoms with E-state index in [1.165, 1.54) is 0 Å². The second-order valence-corrected chi connectivity index (χ2v) is 6.72. The van der Waals surface area contributed by atoms with Crippen molar-refractivity contribution in [2.45, 2.75) is 31.8 Å². The molecule has 2 amide bonds. The number of likely N-dealkylation sites (tertiary alicyclic amines) is 1. The molecule has 6 heteroatoms. The first-order chi connectivity index (χ1) is 10.6. The largest absolute Gasteiger partial charge is 0.447 e. The number of thiophene rings is 1. The van der Waals surface area contributed by atoms with Gasteiger partial charge in [-0.1, -0.05) is 6.07 Å². The van der Waals surface area contributed by atoms with Crippen molar-refractivity contribution in [3.8, 4) is 0 Å². The lowest BCUT2D eigenvalue weighted by Crippen LogP contribution is -2.48. The number of hydrogen-bond acceptors (Lipinski definition) is 4. The van der Waals surface area contributed by atoms with Gasteiger partial charge in [0.15, 0.2) is 0 Å². The van der Waals surface area contributed by atoms with Crippen LogP contribution in [0, 0.1) is 0 Å². The molecule has 3 rings (SSSR count). The number of amides is 2. The maximum Gasteiger partial charge on any atom is 0.410 e. The van der Waals surface area contributed by atoms with E-state index in [1.807, 2.05) is 40.3 Å². The molecular weight excluding hydrogens is 300 g/mol. The Morgan fingerprint density at radius 2 is 2.18 bits per heavy atom. The van der Waals surface area contributed by atoms with E-state index in [0.717, 1.165) is 17.7 Å². The van der Waals surface area contributed by atoms with Crippen molar-refractivity contribution in [2.24, 2.45) is 0 Å². The molecule has 2 fully saturated rings. The van der Waals surface area contributed by atoms with Crippen molar-refractivity contribution >= 4 is 29.4 Å². The molecule has 1 unspecified atom stereocenters. The normalized spacial score (nSPS) is 23.3. The molecule has 118 valence electrons. The van der Waals surface area contributed by atoms with Gasteiger partial charge in [-0.3, -0.25) is 9.69 Å². The molecular formula is C16H20N2O3S. The van der Waals surface area contributed by atoms with E-state index in [4.69, 9.17) is 4.74 Å². The Kier molecular flexibility index (Phi) is 4.47. The number of cyclic esters (lactones) is 1. The molecule has 0 aliphatic carbocycles. The zero-order valence-electron chi connectivity index (χ0n) is 12.6. The molecule has 2 aliphatic heterocycles. The van der Waals surface area contributed by atoms with E-state index in [0.29, 0.717) is 19.7 Å². The predicted molar refractivity (Wildman–Crippen MR) is 85.6 cm³/mol. The SMILES string of the molecule is CC1COC(=O)N1C1CCN(C(=O)C=Cc2cccs2)CC1. The second kappa shape index (κ2) is 6.52. The van der Waals surface area contributed by atoms with Crippen molar-refractivity contribution < 1.29 is 14.3 Å². The first-order valence-corrected chi connectivity index (χ1v) is 8.48. The summed E-state index contributed by atoms with van der Waals surface area (Å²) in [7, 11) is 0. The smallest absolute Gasteiger partial charge is 0.410 e. The zero-order chi connectivity index (χ0) is 15.5. The summed E-state index contributed by atoms with van der Waals surface area (Å²) in [6, 6.07) is 4.28. The third-order valence-electron chi connectivity index (χ3n) is 4.24. The molecule has 0 aromatic carbocycles. The molecule has 0 spiro atoms. The summed E-state index contributed by atoms with van der Waals surface area (Å²) in [6.45, 7) is 3.86. The maximum absolute atomic E-state index is 12.2. The molecule has 0 radical (unpaired) electrons. The van der Waals surface area contributed by atoms with Crippen LogP contribution in [0.4, 0.5) is 4.79 Å². The minimum absolute atomic E-state index is 0.0453. The quantitative estimate of drug-likeness (QED) is 0.804. The van der Waals surface area contributed by atoms with Crippen molar-refractivity contribution in [3.05, 3.63) is 28.5 Å². The summed E-state index contributed by atoms with van der Waals surface area (Å²) >= 11 is 1.61. The molecule has 0 bridgehead atoms. The Hall–Kier alpha value is -1.82. The van der Waals surface area contributed by atoms with E-state index in [2.05, 4.69) is 0 Å². The number of piperidine rings is 1. The topological polar surface area (TPSA) is 49.9 Å². The van der Waals surface area contributed by atoms with Crippen molar-refractivity contribution in [1.82, 2.24) is 9.80 Å². The number of hydrogen-bond donors (Lipinski definition) is 0. The van der Waals surface area contributed by atoms with Gasteiger partial charge in [0.25, 0.3) is 0 Å². The molecule has 1 aromatic heterocycles. The van der Waals surface area contributed by atoms with Crippen molar-refractivity contribution in [3.63, 3.8) is 0 Å². The van der Waals surface area contributed by atoms with Crippen LogP contribution >= 0.6 is 11.3 Å². The van der Waals surface area contributed by atoms with Crippen LogP contribution in [0.1, 0.15) is 24.6 Å². The molecule has 0 saturated carbocycles. The monoisotopic (exact) mass is 320 g/mol. The van der Waals surface area contributed by atoms with Gasteiger partial charge in [0.2, 0.25) is 5.91 Å². The van der Waals surface area contributed by atoms with Crippen LogP contribution in [-0.4, -0.2) is 53.6 Å². The van der Waals surface area contributed by atoms with Gasteiger partial charge >= 0.3 is 6.09 Å². The van der Waals surface area contributed by atoms with Crippen LogP contribution in [0.5, 0.6) is 0 Å². The van der Waals surface area contributed by atoms with Crippen LogP contribution < -0.4 is 0 Å². The van der Waals surface area contributed by atoms with Crippen LogP contribution in [-0.2, 0) is 9.53 Å². The molecule has 2 saturated heterocycles. The number of carbonyl (C=O) groups excluding carboxylic acids is 2.